The van der Waals surface area contributed by atoms with Crippen LogP contribution < -0.4 is 5.73 Å². The van der Waals surface area contributed by atoms with Gasteiger partial charge in [0.25, 0.3) is 0 Å². The van der Waals surface area contributed by atoms with Gasteiger partial charge in [0.05, 0.1) is 6.10 Å². The summed E-state index contributed by atoms with van der Waals surface area (Å²) in [4.78, 5) is 2.65. The number of nitrogens with zero attached hydrogens (tertiary/aromatic N) is 1. The number of nitrogens with two attached hydrogens (primary N) is 1. The van der Waals surface area contributed by atoms with Crippen LogP contribution in [-0.4, -0.2) is 42.8 Å². The van der Waals surface area contributed by atoms with Gasteiger partial charge in [-0.2, -0.15) is 0 Å². The summed E-state index contributed by atoms with van der Waals surface area (Å²) in [6, 6.07) is 0. The Labute approximate surface area is 106 Å². The van der Waals surface area contributed by atoms with E-state index in [0.717, 1.165) is 26.1 Å². The fraction of sp³-hybridized carbons (Fsp3) is 1.00. The van der Waals surface area contributed by atoms with Crippen LogP contribution in [0.2, 0.25) is 0 Å². The first-order valence-electron chi connectivity index (χ1n) is 7.33. The lowest BCUT2D eigenvalue weighted by atomic mass is 9.87. The topological polar surface area (TPSA) is 38.5 Å². The Morgan fingerprint density at radius 1 is 1.18 bits per heavy atom. The Morgan fingerprint density at radius 3 is 2.53 bits per heavy atom. The minimum absolute atomic E-state index is 0.276. The second-order valence-electron chi connectivity index (χ2n) is 5.82. The number of hydrogen-bond donors (Lipinski definition) is 1. The maximum atomic E-state index is 6.15. The highest BCUT2D eigenvalue weighted by atomic mass is 16.5. The van der Waals surface area contributed by atoms with Crippen LogP contribution in [0.3, 0.4) is 0 Å². The van der Waals surface area contributed by atoms with Crippen LogP contribution in [0.15, 0.2) is 0 Å². The van der Waals surface area contributed by atoms with E-state index in [9.17, 15) is 0 Å². The molecule has 3 heteroatoms. The Balaban J connectivity index is 2.08. The molecule has 1 unspecified atom stereocenters. The van der Waals surface area contributed by atoms with Gasteiger partial charge in [-0.3, -0.25) is 4.90 Å². The zero-order valence-electron chi connectivity index (χ0n) is 11.3. The highest BCUT2D eigenvalue weighted by Crippen LogP contribution is 2.32. The van der Waals surface area contributed by atoms with Crippen molar-refractivity contribution in [3.8, 4) is 0 Å². The molecule has 0 aromatic rings. The highest BCUT2D eigenvalue weighted by Gasteiger charge is 2.36. The Bertz CT molecular complexity index is 224. The molecular weight excluding hydrogens is 212 g/mol. The maximum Gasteiger partial charge on any atom is 0.0674 e. The number of ether oxygens (including phenoxy) is 1. The fourth-order valence-electron chi connectivity index (χ4n) is 3.46. The lowest BCUT2D eigenvalue weighted by Gasteiger charge is -2.43. The summed E-state index contributed by atoms with van der Waals surface area (Å²) in [7, 11) is 0. The monoisotopic (exact) mass is 240 g/mol. The molecule has 100 valence electrons. The largest absolute Gasteiger partial charge is 0.377 e. The molecule has 1 atom stereocenters. The molecule has 1 saturated heterocycles. The zero-order valence-corrected chi connectivity index (χ0v) is 11.3. The van der Waals surface area contributed by atoms with Crippen LogP contribution in [0.4, 0.5) is 0 Å². The summed E-state index contributed by atoms with van der Waals surface area (Å²) < 4.78 is 5.76. The van der Waals surface area contributed by atoms with Crippen molar-refractivity contribution in [1.29, 1.82) is 0 Å². The van der Waals surface area contributed by atoms with Crippen molar-refractivity contribution in [2.45, 2.75) is 63.5 Å². The number of rotatable bonds is 2. The molecule has 2 rings (SSSR count). The molecule has 0 radical (unpaired) electrons. The average Bonchev–Trinajstić information content (AvgIpc) is 2.69. The highest BCUT2D eigenvalue weighted by molar-refractivity contribution is 4.94. The van der Waals surface area contributed by atoms with E-state index in [4.69, 9.17) is 10.5 Å². The van der Waals surface area contributed by atoms with Crippen molar-refractivity contribution in [3.05, 3.63) is 0 Å². The van der Waals surface area contributed by atoms with E-state index < -0.39 is 0 Å². The molecule has 3 nitrogen and oxygen atoms in total. The van der Waals surface area contributed by atoms with Crippen LogP contribution in [0.25, 0.3) is 0 Å². The SMILES string of the molecule is CC1CN(C2(CN)CCCCCC2)CCCO1. The van der Waals surface area contributed by atoms with Crippen molar-refractivity contribution in [2.75, 3.05) is 26.2 Å². The van der Waals surface area contributed by atoms with Crippen molar-refractivity contribution in [2.24, 2.45) is 5.73 Å². The normalized spacial score (nSPS) is 31.8. The van der Waals surface area contributed by atoms with Crippen molar-refractivity contribution in [3.63, 3.8) is 0 Å². The quantitative estimate of drug-likeness (QED) is 0.752. The summed E-state index contributed by atoms with van der Waals surface area (Å²) in [6.45, 7) is 6.16. The van der Waals surface area contributed by atoms with Crippen molar-refractivity contribution >= 4 is 0 Å². The molecule has 2 N–H and O–H groups in total. The molecule has 1 aliphatic heterocycles. The van der Waals surface area contributed by atoms with Crippen LogP contribution in [-0.2, 0) is 4.74 Å². The molecule has 1 saturated carbocycles. The summed E-state index contributed by atoms with van der Waals surface area (Å²) in [6.07, 6.45) is 9.58. The van der Waals surface area contributed by atoms with E-state index in [1.54, 1.807) is 0 Å². The third-order valence-electron chi connectivity index (χ3n) is 4.54. The molecule has 17 heavy (non-hydrogen) atoms. The minimum atomic E-state index is 0.276. The van der Waals surface area contributed by atoms with Gasteiger partial charge < -0.3 is 10.5 Å². The third kappa shape index (κ3) is 3.21. The van der Waals surface area contributed by atoms with E-state index in [1.807, 2.05) is 0 Å². The molecule has 1 aliphatic carbocycles. The first-order chi connectivity index (χ1) is 8.27. The second kappa shape index (κ2) is 6.17. The summed E-state index contributed by atoms with van der Waals surface area (Å²) >= 11 is 0. The fourth-order valence-corrected chi connectivity index (χ4v) is 3.46. The third-order valence-corrected chi connectivity index (χ3v) is 4.54. The predicted octanol–water partition coefficient (Wildman–Crippen LogP) is 2.15. The van der Waals surface area contributed by atoms with E-state index in [0.29, 0.717) is 6.10 Å². The van der Waals surface area contributed by atoms with Crippen LogP contribution >= 0.6 is 0 Å². The second-order valence-corrected chi connectivity index (χ2v) is 5.82. The van der Waals surface area contributed by atoms with Gasteiger partial charge in [0.15, 0.2) is 0 Å². The first kappa shape index (κ1) is 13.3. The molecule has 0 amide bonds. The van der Waals surface area contributed by atoms with E-state index in [-0.39, 0.29) is 5.54 Å². The molecule has 0 aromatic carbocycles. The van der Waals surface area contributed by atoms with Gasteiger partial charge in [-0.1, -0.05) is 25.7 Å². The maximum absolute atomic E-state index is 6.15. The molecule has 2 aliphatic rings. The summed E-state index contributed by atoms with van der Waals surface area (Å²) in [5.74, 6) is 0. The van der Waals surface area contributed by atoms with E-state index in [2.05, 4.69) is 11.8 Å². The molecule has 0 aromatic heterocycles. The lowest BCUT2D eigenvalue weighted by Crippen LogP contribution is -2.55. The molecular formula is C14H28N2O. The number of hydrogen-bond acceptors (Lipinski definition) is 3. The van der Waals surface area contributed by atoms with E-state index in [1.165, 1.54) is 45.1 Å². The molecule has 1 heterocycles. The minimum Gasteiger partial charge on any atom is -0.377 e. The summed E-state index contributed by atoms with van der Waals surface area (Å²) in [5.41, 5.74) is 6.43. The Hall–Kier alpha value is -0.120. The molecule has 0 spiro atoms. The van der Waals surface area contributed by atoms with Gasteiger partial charge in [0, 0.05) is 31.8 Å². The van der Waals surface area contributed by atoms with Gasteiger partial charge in [0.2, 0.25) is 0 Å². The smallest absolute Gasteiger partial charge is 0.0674 e. The van der Waals surface area contributed by atoms with Crippen LogP contribution in [0.5, 0.6) is 0 Å². The zero-order chi connectivity index (χ0) is 12.1. The Morgan fingerprint density at radius 2 is 1.88 bits per heavy atom. The van der Waals surface area contributed by atoms with E-state index >= 15 is 0 Å². The Kier molecular flexibility index (Phi) is 4.83. The van der Waals surface area contributed by atoms with Gasteiger partial charge >= 0.3 is 0 Å². The van der Waals surface area contributed by atoms with Crippen molar-refractivity contribution in [1.82, 2.24) is 4.90 Å². The summed E-state index contributed by atoms with van der Waals surface area (Å²) in [5, 5.41) is 0. The van der Waals surface area contributed by atoms with Gasteiger partial charge in [-0.25, -0.2) is 0 Å². The standard InChI is InChI=1S/C14H28N2O/c1-13-11-16(9-6-10-17-13)14(12-15)7-4-2-3-5-8-14/h13H,2-12,15H2,1H3. The first-order valence-corrected chi connectivity index (χ1v) is 7.33. The lowest BCUT2D eigenvalue weighted by molar-refractivity contribution is 0.0312. The molecule has 2 fully saturated rings. The van der Waals surface area contributed by atoms with Gasteiger partial charge in [-0.05, 0) is 26.2 Å². The van der Waals surface area contributed by atoms with Crippen LogP contribution in [0, 0.1) is 0 Å². The average molecular weight is 240 g/mol. The molecule has 0 bridgehead atoms. The van der Waals surface area contributed by atoms with Gasteiger partial charge in [0.1, 0.15) is 0 Å². The van der Waals surface area contributed by atoms with Crippen molar-refractivity contribution < 1.29 is 4.74 Å². The van der Waals surface area contributed by atoms with Gasteiger partial charge in [-0.15, -0.1) is 0 Å². The van der Waals surface area contributed by atoms with Crippen LogP contribution in [0.1, 0.15) is 51.9 Å². The predicted molar refractivity (Wildman–Crippen MR) is 71.1 cm³/mol.